The molecule has 1 fully saturated rings. The largest absolute Gasteiger partial charge is 0.481 e. The Labute approximate surface area is 133 Å². The average Bonchev–Trinajstić information content (AvgIpc) is 3.02. The summed E-state index contributed by atoms with van der Waals surface area (Å²) < 4.78 is 0. The highest BCUT2D eigenvalue weighted by Gasteiger charge is 2.51. The molecule has 0 heterocycles. The van der Waals surface area contributed by atoms with E-state index in [2.05, 4.69) is 0 Å². The fraction of sp³-hybridized carbons (Fsp3) is 0.278. The van der Waals surface area contributed by atoms with Gasteiger partial charge in [0.05, 0.1) is 10.3 Å². The van der Waals surface area contributed by atoms with Crippen molar-refractivity contribution < 1.29 is 14.8 Å². The van der Waals surface area contributed by atoms with Crippen molar-refractivity contribution in [1.29, 1.82) is 0 Å². The van der Waals surface area contributed by atoms with E-state index in [0.29, 0.717) is 12.0 Å². The van der Waals surface area contributed by atoms with Gasteiger partial charge in [-0.2, -0.15) is 0 Å². The zero-order valence-electron chi connectivity index (χ0n) is 12.5. The van der Waals surface area contributed by atoms with Crippen LogP contribution in [0.25, 0.3) is 0 Å². The topological polar surface area (TPSA) is 80.4 Å². The lowest BCUT2D eigenvalue weighted by atomic mass is 9.69. The van der Waals surface area contributed by atoms with Gasteiger partial charge in [0.25, 0.3) is 5.69 Å². The van der Waals surface area contributed by atoms with Gasteiger partial charge in [-0.15, -0.1) is 0 Å². The molecule has 5 nitrogen and oxygen atoms in total. The van der Waals surface area contributed by atoms with E-state index in [1.807, 2.05) is 30.3 Å². The van der Waals surface area contributed by atoms with Crippen LogP contribution >= 0.6 is 0 Å². The number of carboxylic acids is 1. The summed E-state index contributed by atoms with van der Waals surface area (Å²) in [6.07, 6.45) is 2.16. The first-order valence-corrected chi connectivity index (χ1v) is 7.59. The SMILES string of the molecule is O=C(O)C1(c2ccc([N+](=O)[O-])cc2)CCCC1c1ccccc1. The van der Waals surface area contributed by atoms with Gasteiger partial charge in [-0.25, -0.2) is 0 Å². The molecule has 1 aliphatic rings. The highest BCUT2D eigenvalue weighted by molar-refractivity contribution is 5.83. The minimum atomic E-state index is -1.02. The Morgan fingerprint density at radius 1 is 1.13 bits per heavy atom. The molecule has 23 heavy (non-hydrogen) atoms. The molecule has 0 spiro atoms. The molecule has 0 radical (unpaired) electrons. The van der Waals surface area contributed by atoms with Crippen molar-refractivity contribution in [3.8, 4) is 0 Å². The Hall–Kier alpha value is -2.69. The van der Waals surface area contributed by atoms with Gasteiger partial charge >= 0.3 is 5.97 Å². The van der Waals surface area contributed by atoms with Gasteiger partial charge in [-0.3, -0.25) is 14.9 Å². The van der Waals surface area contributed by atoms with Crippen LogP contribution in [-0.2, 0) is 10.2 Å². The molecule has 0 aliphatic heterocycles. The van der Waals surface area contributed by atoms with Crippen LogP contribution < -0.4 is 0 Å². The maximum atomic E-state index is 12.2. The van der Waals surface area contributed by atoms with E-state index in [0.717, 1.165) is 18.4 Å². The Bertz CT molecular complexity index is 726. The van der Waals surface area contributed by atoms with Crippen LogP contribution in [0.4, 0.5) is 5.69 Å². The predicted molar refractivity (Wildman–Crippen MR) is 85.4 cm³/mol. The number of carboxylic acid groups (broad SMARTS) is 1. The van der Waals surface area contributed by atoms with Crippen molar-refractivity contribution in [3.63, 3.8) is 0 Å². The number of hydrogen-bond acceptors (Lipinski definition) is 3. The van der Waals surface area contributed by atoms with E-state index >= 15 is 0 Å². The monoisotopic (exact) mass is 311 g/mol. The molecule has 3 rings (SSSR count). The van der Waals surface area contributed by atoms with Crippen LogP contribution in [0.2, 0.25) is 0 Å². The fourth-order valence-corrected chi connectivity index (χ4v) is 3.75. The number of non-ortho nitro benzene ring substituents is 1. The van der Waals surface area contributed by atoms with Gasteiger partial charge in [0.15, 0.2) is 0 Å². The summed E-state index contributed by atoms with van der Waals surface area (Å²) in [6.45, 7) is 0. The predicted octanol–water partition coefficient (Wildman–Crippen LogP) is 3.88. The Morgan fingerprint density at radius 3 is 2.35 bits per heavy atom. The molecule has 118 valence electrons. The van der Waals surface area contributed by atoms with Crippen molar-refractivity contribution in [2.45, 2.75) is 30.6 Å². The smallest absolute Gasteiger partial charge is 0.314 e. The second-order valence-electron chi connectivity index (χ2n) is 5.94. The minimum absolute atomic E-state index is 0.0245. The maximum absolute atomic E-state index is 12.2. The van der Waals surface area contributed by atoms with Gasteiger partial charge in [-0.05, 0) is 24.0 Å². The van der Waals surface area contributed by atoms with Crippen LogP contribution in [0.3, 0.4) is 0 Å². The number of carbonyl (C=O) groups is 1. The van der Waals surface area contributed by atoms with E-state index in [1.54, 1.807) is 12.1 Å². The molecule has 1 aliphatic carbocycles. The Morgan fingerprint density at radius 2 is 1.78 bits per heavy atom. The Balaban J connectivity index is 2.09. The van der Waals surface area contributed by atoms with E-state index in [-0.39, 0.29) is 11.6 Å². The molecular weight excluding hydrogens is 294 g/mol. The maximum Gasteiger partial charge on any atom is 0.314 e. The van der Waals surface area contributed by atoms with E-state index in [9.17, 15) is 20.0 Å². The van der Waals surface area contributed by atoms with Crippen LogP contribution in [0.1, 0.15) is 36.3 Å². The molecule has 1 N–H and O–H groups in total. The van der Waals surface area contributed by atoms with E-state index < -0.39 is 16.3 Å². The second-order valence-corrected chi connectivity index (χ2v) is 5.94. The number of benzene rings is 2. The molecule has 0 bridgehead atoms. The zero-order chi connectivity index (χ0) is 16.4. The molecule has 2 unspecified atom stereocenters. The highest BCUT2D eigenvalue weighted by atomic mass is 16.6. The van der Waals surface area contributed by atoms with Crippen molar-refractivity contribution in [1.82, 2.24) is 0 Å². The minimum Gasteiger partial charge on any atom is -0.481 e. The van der Waals surface area contributed by atoms with Crippen LogP contribution in [0, 0.1) is 10.1 Å². The number of rotatable bonds is 4. The van der Waals surface area contributed by atoms with Crippen molar-refractivity contribution >= 4 is 11.7 Å². The summed E-state index contributed by atoms with van der Waals surface area (Å²) >= 11 is 0. The van der Waals surface area contributed by atoms with E-state index in [1.165, 1.54) is 12.1 Å². The number of aliphatic carboxylic acids is 1. The molecule has 2 aromatic carbocycles. The van der Waals surface area contributed by atoms with Crippen molar-refractivity contribution in [3.05, 3.63) is 75.8 Å². The highest BCUT2D eigenvalue weighted by Crippen LogP contribution is 2.51. The van der Waals surface area contributed by atoms with E-state index in [4.69, 9.17) is 0 Å². The quantitative estimate of drug-likeness (QED) is 0.686. The molecule has 2 aromatic rings. The molecule has 0 amide bonds. The summed E-state index contributed by atoms with van der Waals surface area (Å²) in [4.78, 5) is 22.5. The van der Waals surface area contributed by atoms with Gasteiger partial charge < -0.3 is 5.11 Å². The molecule has 0 saturated heterocycles. The average molecular weight is 311 g/mol. The van der Waals surface area contributed by atoms with Crippen molar-refractivity contribution in [2.24, 2.45) is 0 Å². The first-order chi connectivity index (χ1) is 11.1. The summed E-state index contributed by atoms with van der Waals surface area (Å²) in [5.41, 5.74) is 0.604. The third kappa shape index (κ3) is 2.48. The number of nitro groups is 1. The van der Waals surface area contributed by atoms with Gasteiger partial charge in [-0.1, -0.05) is 48.9 Å². The number of hydrogen-bond donors (Lipinski definition) is 1. The van der Waals surface area contributed by atoms with Gasteiger partial charge in [0, 0.05) is 18.1 Å². The number of nitrogens with zero attached hydrogens (tertiary/aromatic N) is 1. The lowest BCUT2D eigenvalue weighted by molar-refractivity contribution is -0.384. The van der Waals surface area contributed by atoms with Crippen LogP contribution in [-0.4, -0.2) is 16.0 Å². The fourth-order valence-electron chi connectivity index (χ4n) is 3.75. The number of nitro benzene ring substituents is 1. The first kappa shape index (κ1) is 15.2. The molecule has 2 atom stereocenters. The standard InChI is InChI=1S/C18H17NO4/c20-17(21)18(14-8-10-15(11-9-14)19(22)23)12-4-7-16(18)13-5-2-1-3-6-13/h1-3,5-6,8-11,16H,4,7,12H2,(H,20,21). The normalized spacial score (nSPS) is 23.6. The third-order valence-corrected chi connectivity index (χ3v) is 4.84. The summed E-state index contributed by atoms with van der Waals surface area (Å²) in [6, 6.07) is 15.6. The van der Waals surface area contributed by atoms with Gasteiger partial charge in [0.1, 0.15) is 0 Å². The zero-order valence-corrected chi connectivity index (χ0v) is 12.5. The third-order valence-electron chi connectivity index (χ3n) is 4.84. The summed E-state index contributed by atoms with van der Waals surface area (Å²) in [7, 11) is 0. The first-order valence-electron chi connectivity index (χ1n) is 7.59. The molecule has 0 aromatic heterocycles. The summed E-state index contributed by atoms with van der Waals surface area (Å²) in [5, 5.41) is 20.8. The lowest BCUT2D eigenvalue weighted by Crippen LogP contribution is -2.38. The second kappa shape index (κ2) is 5.83. The molecule has 5 heteroatoms. The molecular formula is C18H17NO4. The van der Waals surface area contributed by atoms with Crippen LogP contribution in [0.15, 0.2) is 54.6 Å². The van der Waals surface area contributed by atoms with Gasteiger partial charge in [0.2, 0.25) is 0 Å². The summed E-state index contributed by atoms with van der Waals surface area (Å²) in [5.74, 6) is -0.986. The lowest BCUT2D eigenvalue weighted by Gasteiger charge is -2.32. The van der Waals surface area contributed by atoms with Crippen molar-refractivity contribution in [2.75, 3.05) is 0 Å². The van der Waals surface area contributed by atoms with Crippen LogP contribution in [0.5, 0.6) is 0 Å². The Kier molecular flexibility index (Phi) is 3.86. The molecule has 1 saturated carbocycles.